The van der Waals surface area contributed by atoms with E-state index in [2.05, 4.69) is 24.4 Å². The second-order valence-corrected chi connectivity index (χ2v) is 5.55. The standard InChI is InChI=1S/C17H26N2O2/c1-3-4-11-15-17(20)19(12-8-13-21-2)16(18-15)14-9-6-5-7-10-14/h5-7,9-10,15-16,18H,3-4,8,11-13H2,1-2H3. The number of nitrogens with one attached hydrogen (secondary N) is 1. The normalized spacial score (nSPS) is 22.0. The molecule has 1 heterocycles. The summed E-state index contributed by atoms with van der Waals surface area (Å²) in [6, 6.07) is 10.2. The number of nitrogens with zero attached hydrogens (tertiary/aromatic N) is 1. The minimum atomic E-state index is -0.0438. The zero-order chi connectivity index (χ0) is 15.1. The van der Waals surface area contributed by atoms with Crippen LogP contribution in [0.4, 0.5) is 0 Å². The second-order valence-electron chi connectivity index (χ2n) is 5.55. The van der Waals surface area contributed by atoms with Gasteiger partial charge in [-0.2, -0.15) is 0 Å². The Kier molecular flexibility index (Phi) is 6.21. The molecule has 21 heavy (non-hydrogen) atoms. The van der Waals surface area contributed by atoms with Gasteiger partial charge in [-0.15, -0.1) is 0 Å². The molecule has 0 radical (unpaired) electrons. The van der Waals surface area contributed by atoms with Crippen LogP contribution in [-0.2, 0) is 9.53 Å². The van der Waals surface area contributed by atoms with Gasteiger partial charge in [0.2, 0.25) is 5.91 Å². The fourth-order valence-corrected chi connectivity index (χ4v) is 2.82. The first-order chi connectivity index (χ1) is 10.3. The number of hydrogen-bond donors (Lipinski definition) is 1. The van der Waals surface area contributed by atoms with E-state index in [1.807, 2.05) is 23.1 Å². The van der Waals surface area contributed by atoms with Crippen LogP contribution in [0.5, 0.6) is 0 Å². The average molecular weight is 290 g/mol. The maximum Gasteiger partial charge on any atom is 0.241 e. The monoisotopic (exact) mass is 290 g/mol. The number of carbonyl (C=O) groups excluding carboxylic acids is 1. The number of rotatable bonds is 8. The molecule has 2 rings (SSSR count). The van der Waals surface area contributed by atoms with Gasteiger partial charge in [0.15, 0.2) is 0 Å². The maximum absolute atomic E-state index is 12.6. The lowest BCUT2D eigenvalue weighted by Gasteiger charge is -2.24. The molecule has 116 valence electrons. The Bertz CT molecular complexity index is 436. The Morgan fingerprint density at radius 1 is 1.24 bits per heavy atom. The minimum absolute atomic E-state index is 0.00240. The van der Waals surface area contributed by atoms with Crippen molar-refractivity contribution in [1.29, 1.82) is 0 Å². The van der Waals surface area contributed by atoms with Crippen LogP contribution in [0.2, 0.25) is 0 Å². The number of unbranched alkanes of at least 4 members (excludes halogenated alkanes) is 1. The van der Waals surface area contributed by atoms with Crippen molar-refractivity contribution in [3.05, 3.63) is 35.9 Å². The summed E-state index contributed by atoms with van der Waals surface area (Å²) in [7, 11) is 1.70. The Morgan fingerprint density at radius 2 is 2.00 bits per heavy atom. The zero-order valence-electron chi connectivity index (χ0n) is 13.0. The molecule has 0 saturated carbocycles. The lowest BCUT2D eigenvalue weighted by Crippen LogP contribution is -2.32. The van der Waals surface area contributed by atoms with Gasteiger partial charge in [0, 0.05) is 20.3 Å². The Balaban J connectivity index is 2.09. The van der Waals surface area contributed by atoms with Crippen molar-refractivity contribution < 1.29 is 9.53 Å². The van der Waals surface area contributed by atoms with Crippen LogP contribution in [0, 0.1) is 0 Å². The molecule has 1 N–H and O–H groups in total. The average Bonchev–Trinajstić information content (AvgIpc) is 2.83. The summed E-state index contributed by atoms with van der Waals surface area (Å²) in [5.74, 6) is 0.230. The molecule has 0 bridgehead atoms. The predicted octanol–water partition coefficient (Wildman–Crippen LogP) is 2.71. The van der Waals surface area contributed by atoms with Crippen LogP contribution < -0.4 is 5.32 Å². The highest BCUT2D eigenvalue weighted by molar-refractivity contribution is 5.84. The number of hydrogen-bond acceptors (Lipinski definition) is 3. The SMILES string of the molecule is CCCCC1NC(c2ccccc2)N(CCCOC)C1=O. The van der Waals surface area contributed by atoms with Gasteiger partial charge in [-0.3, -0.25) is 10.1 Å². The van der Waals surface area contributed by atoms with Gasteiger partial charge < -0.3 is 9.64 Å². The van der Waals surface area contributed by atoms with Crippen LogP contribution in [0.1, 0.15) is 44.3 Å². The minimum Gasteiger partial charge on any atom is -0.385 e. The van der Waals surface area contributed by atoms with E-state index in [0.717, 1.165) is 37.8 Å². The number of carbonyl (C=O) groups is 1. The van der Waals surface area contributed by atoms with E-state index in [9.17, 15) is 4.79 Å². The van der Waals surface area contributed by atoms with Crippen LogP contribution in [0.15, 0.2) is 30.3 Å². The first-order valence-electron chi connectivity index (χ1n) is 7.88. The van der Waals surface area contributed by atoms with Crippen molar-refractivity contribution >= 4 is 5.91 Å². The topological polar surface area (TPSA) is 41.6 Å². The van der Waals surface area contributed by atoms with Crippen LogP contribution in [0.25, 0.3) is 0 Å². The predicted molar refractivity (Wildman–Crippen MR) is 83.8 cm³/mol. The highest BCUT2D eigenvalue weighted by Crippen LogP contribution is 2.27. The Labute approximate surface area is 127 Å². The molecule has 1 aliphatic heterocycles. The summed E-state index contributed by atoms with van der Waals surface area (Å²) >= 11 is 0. The smallest absolute Gasteiger partial charge is 0.241 e. The van der Waals surface area contributed by atoms with Gasteiger partial charge in [-0.1, -0.05) is 50.1 Å². The van der Waals surface area contributed by atoms with Crippen molar-refractivity contribution in [2.75, 3.05) is 20.3 Å². The highest BCUT2D eigenvalue weighted by atomic mass is 16.5. The highest BCUT2D eigenvalue weighted by Gasteiger charge is 2.38. The fraction of sp³-hybridized carbons (Fsp3) is 0.588. The molecule has 1 amide bonds. The van der Waals surface area contributed by atoms with E-state index in [0.29, 0.717) is 6.61 Å². The van der Waals surface area contributed by atoms with Crippen LogP contribution in [-0.4, -0.2) is 37.1 Å². The van der Waals surface area contributed by atoms with Crippen molar-refractivity contribution in [1.82, 2.24) is 10.2 Å². The van der Waals surface area contributed by atoms with Crippen molar-refractivity contribution in [3.63, 3.8) is 0 Å². The first kappa shape index (κ1) is 16.0. The van der Waals surface area contributed by atoms with Crippen molar-refractivity contribution in [2.24, 2.45) is 0 Å². The van der Waals surface area contributed by atoms with E-state index in [4.69, 9.17) is 4.74 Å². The van der Waals surface area contributed by atoms with E-state index in [-0.39, 0.29) is 18.1 Å². The van der Waals surface area contributed by atoms with Gasteiger partial charge in [-0.25, -0.2) is 0 Å². The van der Waals surface area contributed by atoms with Gasteiger partial charge in [0.25, 0.3) is 0 Å². The number of benzene rings is 1. The summed E-state index contributed by atoms with van der Waals surface area (Å²) in [4.78, 5) is 14.6. The quantitative estimate of drug-likeness (QED) is 0.749. The third kappa shape index (κ3) is 4.05. The fourth-order valence-electron chi connectivity index (χ4n) is 2.82. The third-order valence-electron chi connectivity index (χ3n) is 3.96. The lowest BCUT2D eigenvalue weighted by atomic mass is 10.1. The largest absolute Gasteiger partial charge is 0.385 e. The van der Waals surface area contributed by atoms with Crippen molar-refractivity contribution in [3.8, 4) is 0 Å². The molecule has 0 spiro atoms. The summed E-state index contributed by atoms with van der Waals surface area (Å²) in [5, 5.41) is 3.50. The van der Waals surface area contributed by atoms with E-state index in [1.165, 1.54) is 0 Å². The summed E-state index contributed by atoms with van der Waals surface area (Å²) in [6.07, 6.45) is 3.98. The Morgan fingerprint density at radius 3 is 2.67 bits per heavy atom. The summed E-state index contributed by atoms with van der Waals surface area (Å²) < 4.78 is 5.11. The molecule has 1 aliphatic rings. The maximum atomic E-state index is 12.6. The number of methoxy groups -OCH3 is 1. The molecule has 4 nitrogen and oxygen atoms in total. The van der Waals surface area contributed by atoms with E-state index < -0.39 is 0 Å². The molecule has 1 aromatic rings. The van der Waals surface area contributed by atoms with Crippen LogP contribution in [0.3, 0.4) is 0 Å². The molecular formula is C17H26N2O2. The number of amides is 1. The zero-order valence-corrected chi connectivity index (χ0v) is 13.0. The molecule has 4 heteroatoms. The molecule has 0 aromatic heterocycles. The van der Waals surface area contributed by atoms with Gasteiger partial charge in [-0.05, 0) is 18.4 Å². The second kappa shape index (κ2) is 8.15. The lowest BCUT2D eigenvalue weighted by molar-refractivity contribution is -0.130. The molecule has 2 atom stereocenters. The van der Waals surface area contributed by atoms with Gasteiger partial charge in [0.05, 0.1) is 6.04 Å². The van der Waals surface area contributed by atoms with Crippen LogP contribution >= 0.6 is 0 Å². The Hall–Kier alpha value is -1.39. The van der Waals surface area contributed by atoms with E-state index in [1.54, 1.807) is 7.11 Å². The van der Waals surface area contributed by atoms with Gasteiger partial charge >= 0.3 is 0 Å². The molecular weight excluding hydrogens is 264 g/mol. The molecule has 0 aliphatic carbocycles. The number of ether oxygens (including phenoxy) is 1. The molecule has 1 saturated heterocycles. The van der Waals surface area contributed by atoms with Gasteiger partial charge in [0.1, 0.15) is 6.17 Å². The first-order valence-corrected chi connectivity index (χ1v) is 7.88. The van der Waals surface area contributed by atoms with Crippen molar-refractivity contribution in [2.45, 2.75) is 44.8 Å². The molecule has 1 fully saturated rings. The molecule has 1 aromatic carbocycles. The van der Waals surface area contributed by atoms with E-state index >= 15 is 0 Å². The molecule has 2 unspecified atom stereocenters. The summed E-state index contributed by atoms with van der Waals surface area (Å²) in [6.45, 7) is 3.58. The third-order valence-corrected chi connectivity index (χ3v) is 3.96. The summed E-state index contributed by atoms with van der Waals surface area (Å²) in [5.41, 5.74) is 1.15.